The van der Waals surface area contributed by atoms with E-state index >= 15 is 0 Å². The standard InChI is InChI=1S/C21H21F3N6O2S/c1-14-19(20(25)30(28-14)16-7-3-2-4-8-16)27-26-17-13-15(21(22,23)24)9-10-18(17)33(31,32)29-11-5-6-12-29/h2-4,7-10,13H,5-6,11-12,25H2,1H3. The molecule has 1 fully saturated rings. The maximum Gasteiger partial charge on any atom is 0.416 e. The molecular weight excluding hydrogens is 457 g/mol. The van der Waals surface area contributed by atoms with E-state index in [-0.39, 0.29) is 16.4 Å². The minimum absolute atomic E-state index is 0.123. The van der Waals surface area contributed by atoms with Gasteiger partial charge in [-0.15, -0.1) is 10.2 Å². The number of hydrogen-bond donors (Lipinski definition) is 1. The molecule has 1 aromatic heterocycles. The number of halogens is 3. The minimum Gasteiger partial charge on any atom is -0.382 e. The van der Waals surface area contributed by atoms with Crippen molar-refractivity contribution in [3.8, 4) is 5.69 Å². The number of alkyl halides is 3. The Kier molecular flexibility index (Phi) is 5.97. The van der Waals surface area contributed by atoms with Crippen LogP contribution >= 0.6 is 0 Å². The first kappa shape index (κ1) is 22.9. The van der Waals surface area contributed by atoms with Crippen molar-refractivity contribution in [3.63, 3.8) is 0 Å². The fourth-order valence-electron chi connectivity index (χ4n) is 3.59. The van der Waals surface area contributed by atoms with Crippen LogP contribution in [0.3, 0.4) is 0 Å². The van der Waals surface area contributed by atoms with Crippen molar-refractivity contribution in [1.29, 1.82) is 0 Å². The summed E-state index contributed by atoms with van der Waals surface area (Å²) in [7, 11) is -4.03. The fourth-order valence-corrected chi connectivity index (χ4v) is 5.21. The number of rotatable bonds is 5. The van der Waals surface area contributed by atoms with Crippen LogP contribution in [-0.4, -0.2) is 35.6 Å². The molecule has 0 spiro atoms. The molecule has 0 aliphatic carbocycles. The maximum absolute atomic E-state index is 13.3. The lowest BCUT2D eigenvalue weighted by atomic mass is 10.2. The highest BCUT2D eigenvalue weighted by atomic mass is 32.2. The summed E-state index contributed by atoms with van der Waals surface area (Å²) in [6.07, 6.45) is -3.30. The van der Waals surface area contributed by atoms with Gasteiger partial charge in [0.1, 0.15) is 10.6 Å². The molecule has 0 atom stereocenters. The number of nitrogens with zero attached hydrogens (tertiary/aromatic N) is 5. The largest absolute Gasteiger partial charge is 0.416 e. The smallest absolute Gasteiger partial charge is 0.382 e. The lowest BCUT2D eigenvalue weighted by Gasteiger charge is -2.17. The highest BCUT2D eigenvalue weighted by Gasteiger charge is 2.34. The summed E-state index contributed by atoms with van der Waals surface area (Å²) in [6.45, 7) is 2.23. The van der Waals surface area contributed by atoms with E-state index in [0.29, 0.717) is 43.4 Å². The molecule has 3 aromatic rings. The van der Waals surface area contributed by atoms with Gasteiger partial charge in [-0.3, -0.25) is 0 Å². The van der Waals surface area contributed by atoms with Crippen LogP contribution in [0.25, 0.3) is 5.69 Å². The van der Waals surface area contributed by atoms with Crippen LogP contribution in [0, 0.1) is 6.92 Å². The van der Waals surface area contributed by atoms with Gasteiger partial charge >= 0.3 is 6.18 Å². The minimum atomic E-state index is -4.67. The van der Waals surface area contributed by atoms with Gasteiger partial charge in [0, 0.05) is 13.1 Å². The second-order valence-electron chi connectivity index (χ2n) is 7.56. The van der Waals surface area contributed by atoms with Crippen LogP contribution in [0.1, 0.15) is 24.1 Å². The summed E-state index contributed by atoms with van der Waals surface area (Å²) in [4.78, 5) is -0.340. The topological polar surface area (TPSA) is 106 Å². The van der Waals surface area contributed by atoms with Crippen LogP contribution in [0.15, 0.2) is 63.7 Å². The van der Waals surface area contributed by atoms with Crippen LogP contribution < -0.4 is 5.73 Å². The summed E-state index contributed by atoms with van der Waals surface area (Å²) in [5, 5.41) is 12.2. The van der Waals surface area contributed by atoms with Crippen molar-refractivity contribution < 1.29 is 21.6 Å². The molecule has 1 aliphatic heterocycles. The molecule has 1 aliphatic rings. The van der Waals surface area contributed by atoms with E-state index in [1.807, 2.05) is 6.07 Å². The third-order valence-corrected chi connectivity index (χ3v) is 7.24. The number of anilines is 1. The molecule has 0 bridgehead atoms. The molecule has 0 unspecified atom stereocenters. The number of aromatic nitrogens is 2. The van der Waals surface area contributed by atoms with Crippen molar-refractivity contribution in [2.24, 2.45) is 10.2 Å². The molecule has 2 heterocycles. The summed E-state index contributed by atoms with van der Waals surface area (Å²) in [5.41, 5.74) is 5.91. The molecular formula is C21H21F3N6O2S. The number of hydrogen-bond acceptors (Lipinski definition) is 6. The molecule has 12 heteroatoms. The number of sulfonamides is 1. The maximum atomic E-state index is 13.3. The highest BCUT2D eigenvalue weighted by molar-refractivity contribution is 7.89. The zero-order valence-electron chi connectivity index (χ0n) is 17.6. The lowest BCUT2D eigenvalue weighted by Crippen LogP contribution is -2.28. The van der Waals surface area contributed by atoms with Gasteiger partial charge in [-0.05, 0) is 50.1 Å². The second kappa shape index (κ2) is 8.60. The van der Waals surface area contributed by atoms with Gasteiger partial charge in [0.25, 0.3) is 0 Å². The Balaban J connectivity index is 1.79. The van der Waals surface area contributed by atoms with E-state index in [4.69, 9.17) is 5.73 Å². The Bertz CT molecular complexity index is 1300. The molecule has 2 aromatic carbocycles. The number of aryl methyl sites for hydroxylation is 1. The van der Waals surface area contributed by atoms with Crippen LogP contribution in [0.5, 0.6) is 0 Å². The molecule has 1 saturated heterocycles. The average molecular weight is 479 g/mol. The first-order chi connectivity index (χ1) is 15.6. The van der Waals surface area contributed by atoms with E-state index in [2.05, 4.69) is 15.3 Å². The molecule has 2 N–H and O–H groups in total. The van der Waals surface area contributed by atoms with Gasteiger partial charge in [-0.25, -0.2) is 13.1 Å². The van der Waals surface area contributed by atoms with Crippen molar-refractivity contribution in [2.45, 2.75) is 30.8 Å². The molecule has 8 nitrogen and oxygen atoms in total. The Hall–Kier alpha value is -3.25. The van der Waals surface area contributed by atoms with E-state index < -0.39 is 27.5 Å². The van der Waals surface area contributed by atoms with Gasteiger partial charge in [0.2, 0.25) is 10.0 Å². The average Bonchev–Trinajstić information content (AvgIpc) is 3.41. The summed E-state index contributed by atoms with van der Waals surface area (Å²) < 4.78 is 68.7. The number of para-hydroxylation sites is 1. The molecule has 174 valence electrons. The van der Waals surface area contributed by atoms with Crippen LogP contribution in [-0.2, 0) is 16.2 Å². The predicted molar refractivity (Wildman–Crippen MR) is 116 cm³/mol. The monoisotopic (exact) mass is 478 g/mol. The Morgan fingerprint density at radius 1 is 1.03 bits per heavy atom. The number of azo groups is 1. The number of nitrogen functional groups attached to an aromatic ring is 1. The summed E-state index contributed by atoms with van der Waals surface area (Å²) in [6, 6.07) is 11.3. The molecule has 0 amide bonds. The summed E-state index contributed by atoms with van der Waals surface area (Å²) in [5.74, 6) is 0.123. The zero-order chi connectivity index (χ0) is 23.8. The summed E-state index contributed by atoms with van der Waals surface area (Å²) >= 11 is 0. The van der Waals surface area contributed by atoms with Gasteiger partial charge < -0.3 is 5.73 Å². The number of benzene rings is 2. The Morgan fingerprint density at radius 2 is 1.70 bits per heavy atom. The predicted octanol–water partition coefficient (Wildman–Crippen LogP) is 4.98. The Labute approximate surface area is 188 Å². The molecule has 4 rings (SSSR count). The van der Waals surface area contributed by atoms with Crippen molar-refractivity contribution >= 4 is 27.2 Å². The second-order valence-corrected chi connectivity index (χ2v) is 9.46. The molecule has 33 heavy (non-hydrogen) atoms. The molecule has 0 saturated carbocycles. The van der Waals surface area contributed by atoms with E-state index in [0.717, 1.165) is 12.1 Å². The quantitative estimate of drug-likeness (QED) is 0.522. The van der Waals surface area contributed by atoms with Crippen LogP contribution in [0.4, 0.5) is 30.4 Å². The van der Waals surface area contributed by atoms with Crippen molar-refractivity contribution in [1.82, 2.24) is 14.1 Å². The van der Waals surface area contributed by atoms with Gasteiger partial charge in [-0.1, -0.05) is 18.2 Å². The first-order valence-electron chi connectivity index (χ1n) is 10.1. The van der Waals surface area contributed by atoms with Crippen molar-refractivity contribution in [3.05, 3.63) is 59.8 Å². The van der Waals surface area contributed by atoms with Crippen molar-refractivity contribution in [2.75, 3.05) is 18.8 Å². The highest BCUT2D eigenvalue weighted by Crippen LogP contribution is 2.38. The van der Waals surface area contributed by atoms with Gasteiger partial charge in [0.05, 0.1) is 16.9 Å². The van der Waals surface area contributed by atoms with E-state index in [1.165, 1.54) is 8.99 Å². The van der Waals surface area contributed by atoms with E-state index in [1.54, 1.807) is 31.2 Å². The lowest BCUT2D eigenvalue weighted by molar-refractivity contribution is -0.137. The van der Waals surface area contributed by atoms with Crippen LogP contribution in [0.2, 0.25) is 0 Å². The SMILES string of the molecule is Cc1nn(-c2ccccc2)c(N)c1N=Nc1cc(C(F)(F)F)ccc1S(=O)(=O)N1CCCC1. The van der Waals surface area contributed by atoms with Gasteiger partial charge in [0.15, 0.2) is 11.5 Å². The Morgan fingerprint density at radius 3 is 2.33 bits per heavy atom. The molecule has 0 radical (unpaired) electrons. The third kappa shape index (κ3) is 4.48. The normalized spacial score (nSPS) is 15.5. The van der Waals surface area contributed by atoms with Gasteiger partial charge in [-0.2, -0.15) is 22.6 Å². The zero-order valence-corrected chi connectivity index (χ0v) is 18.4. The first-order valence-corrected chi connectivity index (χ1v) is 11.6. The number of nitrogens with two attached hydrogens (primary N) is 1. The third-order valence-electron chi connectivity index (χ3n) is 5.29. The van der Waals surface area contributed by atoms with E-state index in [9.17, 15) is 21.6 Å². The fraction of sp³-hybridized carbons (Fsp3) is 0.286.